The van der Waals surface area contributed by atoms with E-state index in [4.69, 9.17) is 27.9 Å². The Morgan fingerprint density at radius 3 is 2.56 bits per heavy atom. The zero-order valence-electron chi connectivity index (χ0n) is 14.7. The molecule has 0 aromatic heterocycles. The van der Waals surface area contributed by atoms with Crippen molar-refractivity contribution in [3.05, 3.63) is 63.9 Å². The summed E-state index contributed by atoms with van der Waals surface area (Å²) in [5.74, 6) is -0.354. The molecule has 4 nitrogen and oxygen atoms in total. The summed E-state index contributed by atoms with van der Waals surface area (Å²) in [5.41, 5.74) is 1.52. The van der Waals surface area contributed by atoms with Crippen molar-refractivity contribution in [2.75, 3.05) is 5.32 Å². The van der Waals surface area contributed by atoms with Gasteiger partial charge in [-0.25, -0.2) is 9.18 Å². The summed E-state index contributed by atoms with van der Waals surface area (Å²) >= 11 is 12.0. The van der Waals surface area contributed by atoms with Crippen LogP contribution in [0.1, 0.15) is 31.2 Å². The van der Waals surface area contributed by atoms with E-state index in [2.05, 4.69) is 10.6 Å². The lowest BCUT2D eigenvalue weighted by Crippen LogP contribution is -2.44. The highest BCUT2D eigenvalue weighted by atomic mass is 35.5. The molecule has 0 saturated heterocycles. The number of carbonyl (C=O) groups excluding carboxylic acids is 1. The number of amides is 1. The maximum Gasteiger partial charge on any atom is 0.411 e. The van der Waals surface area contributed by atoms with Crippen molar-refractivity contribution in [2.45, 2.75) is 44.4 Å². The predicted octanol–water partition coefficient (Wildman–Crippen LogP) is 5.78. The molecule has 0 bridgehead atoms. The van der Waals surface area contributed by atoms with Crippen LogP contribution in [0.3, 0.4) is 0 Å². The molecule has 1 aliphatic carbocycles. The largest absolute Gasteiger partial charge is 0.444 e. The molecule has 2 aromatic carbocycles. The van der Waals surface area contributed by atoms with E-state index in [1.165, 1.54) is 24.3 Å². The van der Waals surface area contributed by atoms with Crippen LogP contribution in [0.4, 0.5) is 14.9 Å². The van der Waals surface area contributed by atoms with Gasteiger partial charge >= 0.3 is 6.09 Å². The fourth-order valence-electron chi connectivity index (χ4n) is 3.19. The fraction of sp³-hybridized carbons (Fsp3) is 0.350. The van der Waals surface area contributed by atoms with E-state index in [-0.39, 0.29) is 18.0 Å². The quantitative estimate of drug-likeness (QED) is 0.656. The number of carbonyl (C=O) groups is 1. The molecule has 0 aliphatic heterocycles. The second-order valence-electron chi connectivity index (χ2n) is 6.60. The summed E-state index contributed by atoms with van der Waals surface area (Å²) in [6.45, 7) is 0.612. The maximum atomic E-state index is 13.0. The standard InChI is InChI=1S/C20H21Cl2FN2O2/c21-16-10-5-13(11-17(16)22)12-24-18-3-1-2-4-19(18)27-20(26)25-15-8-6-14(23)7-9-15/h5-11,18-19,24H,1-4,12H2,(H,25,26)/t18-,19+/m0/s1. The molecule has 27 heavy (non-hydrogen) atoms. The molecule has 1 amide bonds. The van der Waals surface area contributed by atoms with Crippen LogP contribution in [-0.2, 0) is 11.3 Å². The van der Waals surface area contributed by atoms with Gasteiger partial charge in [0.15, 0.2) is 0 Å². The van der Waals surface area contributed by atoms with Gasteiger partial charge in [0.1, 0.15) is 11.9 Å². The molecule has 2 atom stereocenters. The van der Waals surface area contributed by atoms with Crippen molar-refractivity contribution in [3.63, 3.8) is 0 Å². The van der Waals surface area contributed by atoms with Gasteiger partial charge in [0.25, 0.3) is 0 Å². The van der Waals surface area contributed by atoms with Crippen LogP contribution in [0.5, 0.6) is 0 Å². The highest BCUT2D eigenvalue weighted by molar-refractivity contribution is 6.42. The number of benzene rings is 2. The highest BCUT2D eigenvalue weighted by Crippen LogP contribution is 2.25. The van der Waals surface area contributed by atoms with E-state index in [9.17, 15) is 9.18 Å². The summed E-state index contributed by atoms with van der Waals surface area (Å²) < 4.78 is 18.6. The normalized spacial score (nSPS) is 19.5. The Morgan fingerprint density at radius 2 is 1.81 bits per heavy atom. The Bertz CT molecular complexity index is 786. The molecule has 0 spiro atoms. The Labute approximate surface area is 168 Å². The van der Waals surface area contributed by atoms with Crippen LogP contribution in [0.15, 0.2) is 42.5 Å². The smallest absolute Gasteiger partial charge is 0.411 e. The molecule has 1 saturated carbocycles. The third-order valence-corrected chi connectivity index (χ3v) is 5.34. The molecule has 0 radical (unpaired) electrons. The average Bonchev–Trinajstić information content (AvgIpc) is 2.65. The topological polar surface area (TPSA) is 50.4 Å². The molecule has 1 fully saturated rings. The molecule has 2 aromatic rings. The first-order valence-corrected chi connectivity index (χ1v) is 9.67. The molecule has 3 rings (SSSR count). The monoisotopic (exact) mass is 410 g/mol. The molecule has 0 heterocycles. The number of hydrogen-bond acceptors (Lipinski definition) is 3. The van der Waals surface area contributed by atoms with Crippen LogP contribution in [0.2, 0.25) is 10.0 Å². The minimum atomic E-state index is -0.533. The van der Waals surface area contributed by atoms with Crippen molar-refractivity contribution < 1.29 is 13.9 Å². The minimum absolute atomic E-state index is 0.0622. The van der Waals surface area contributed by atoms with Crippen LogP contribution in [0, 0.1) is 5.82 Å². The molecular weight excluding hydrogens is 390 g/mol. The molecular formula is C20H21Cl2FN2O2. The van der Waals surface area contributed by atoms with E-state index >= 15 is 0 Å². The molecule has 1 aliphatic rings. The van der Waals surface area contributed by atoms with Crippen molar-refractivity contribution >= 4 is 35.0 Å². The second-order valence-corrected chi connectivity index (χ2v) is 7.41. The van der Waals surface area contributed by atoms with Crippen LogP contribution in [-0.4, -0.2) is 18.2 Å². The van der Waals surface area contributed by atoms with Gasteiger partial charge in [-0.3, -0.25) is 5.32 Å². The van der Waals surface area contributed by atoms with Gasteiger partial charge in [0, 0.05) is 18.3 Å². The van der Waals surface area contributed by atoms with Gasteiger partial charge in [0.2, 0.25) is 0 Å². The molecule has 0 unspecified atom stereocenters. The van der Waals surface area contributed by atoms with Gasteiger partial charge in [-0.1, -0.05) is 35.7 Å². The van der Waals surface area contributed by atoms with E-state index < -0.39 is 6.09 Å². The number of rotatable bonds is 5. The Kier molecular flexibility index (Phi) is 6.94. The Hall–Kier alpha value is -1.82. The Morgan fingerprint density at radius 1 is 1.07 bits per heavy atom. The van der Waals surface area contributed by atoms with Gasteiger partial charge in [-0.05, 0) is 61.2 Å². The Balaban J connectivity index is 1.55. The van der Waals surface area contributed by atoms with Crippen LogP contribution in [0.25, 0.3) is 0 Å². The van der Waals surface area contributed by atoms with Crippen LogP contribution < -0.4 is 10.6 Å². The van der Waals surface area contributed by atoms with Crippen molar-refractivity contribution in [3.8, 4) is 0 Å². The van der Waals surface area contributed by atoms with E-state index in [1.807, 2.05) is 12.1 Å². The maximum absolute atomic E-state index is 13.0. The van der Waals surface area contributed by atoms with Gasteiger partial charge < -0.3 is 10.1 Å². The second kappa shape index (κ2) is 9.40. The van der Waals surface area contributed by atoms with E-state index in [0.29, 0.717) is 22.3 Å². The summed E-state index contributed by atoms with van der Waals surface area (Å²) in [7, 11) is 0. The SMILES string of the molecule is O=C(Nc1ccc(F)cc1)O[C@@H]1CCCC[C@@H]1NCc1ccc(Cl)c(Cl)c1. The van der Waals surface area contributed by atoms with Crippen molar-refractivity contribution in [1.29, 1.82) is 0 Å². The first-order valence-electron chi connectivity index (χ1n) is 8.92. The lowest BCUT2D eigenvalue weighted by molar-refractivity contribution is 0.0611. The summed E-state index contributed by atoms with van der Waals surface area (Å²) in [6.07, 6.45) is 3.07. The summed E-state index contributed by atoms with van der Waals surface area (Å²) in [6, 6.07) is 11.2. The first-order chi connectivity index (χ1) is 13.0. The van der Waals surface area contributed by atoms with Crippen molar-refractivity contribution in [1.82, 2.24) is 5.32 Å². The zero-order valence-corrected chi connectivity index (χ0v) is 16.2. The third-order valence-electron chi connectivity index (χ3n) is 4.60. The first kappa shape index (κ1) is 19.9. The van der Waals surface area contributed by atoms with Gasteiger partial charge in [-0.15, -0.1) is 0 Å². The number of hydrogen-bond donors (Lipinski definition) is 2. The van der Waals surface area contributed by atoms with E-state index in [0.717, 1.165) is 31.2 Å². The zero-order chi connectivity index (χ0) is 19.2. The summed E-state index contributed by atoms with van der Waals surface area (Å²) in [4.78, 5) is 12.2. The van der Waals surface area contributed by atoms with Crippen LogP contribution >= 0.6 is 23.2 Å². The minimum Gasteiger partial charge on any atom is -0.444 e. The molecule has 7 heteroatoms. The van der Waals surface area contributed by atoms with E-state index in [1.54, 1.807) is 6.07 Å². The van der Waals surface area contributed by atoms with Gasteiger partial charge in [-0.2, -0.15) is 0 Å². The molecule has 144 valence electrons. The lowest BCUT2D eigenvalue weighted by atomic mass is 9.92. The fourth-order valence-corrected chi connectivity index (χ4v) is 3.51. The lowest BCUT2D eigenvalue weighted by Gasteiger charge is -2.32. The molecule has 2 N–H and O–H groups in total. The number of nitrogens with one attached hydrogen (secondary N) is 2. The average molecular weight is 411 g/mol. The predicted molar refractivity (Wildman–Crippen MR) is 106 cm³/mol. The van der Waals surface area contributed by atoms with Gasteiger partial charge in [0.05, 0.1) is 10.0 Å². The number of halogens is 3. The third kappa shape index (κ3) is 5.83. The van der Waals surface area contributed by atoms with Crippen molar-refractivity contribution in [2.24, 2.45) is 0 Å². The highest BCUT2D eigenvalue weighted by Gasteiger charge is 2.28. The summed E-state index contributed by atoms with van der Waals surface area (Å²) in [5, 5.41) is 7.14. The number of anilines is 1. The number of ether oxygens (including phenoxy) is 1.